The zero-order valence-electron chi connectivity index (χ0n) is 22.7. The summed E-state index contributed by atoms with van der Waals surface area (Å²) in [7, 11) is 0. The molecule has 1 aromatic carbocycles. The summed E-state index contributed by atoms with van der Waals surface area (Å²) in [4.78, 5) is 33.8. The third-order valence-electron chi connectivity index (χ3n) is 8.17. The highest BCUT2D eigenvalue weighted by atomic mass is 16.5. The van der Waals surface area contributed by atoms with Gasteiger partial charge < -0.3 is 30.3 Å². The normalized spacial score (nSPS) is 21.8. The van der Waals surface area contributed by atoms with E-state index in [0.29, 0.717) is 26.1 Å². The van der Waals surface area contributed by atoms with E-state index in [9.17, 15) is 14.7 Å². The molecule has 3 aliphatic rings. The Bertz CT molecular complexity index is 1110. The average molecular weight is 536 g/mol. The molecule has 0 spiro atoms. The van der Waals surface area contributed by atoms with Gasteiger partial charge in [0.1, 0.15) is 11.9 Å². The summed E-state index contributed by atoms with van der Waals surface area (Å²) in [5, 5.41) is 16.0. The number of amides is 2. The number of carbonyl (C=O) groups is 2. The van der Waals surface area contributed by atoms with E-state index in [0.717, 1.165) is 76.1 Å². The number of aryl methyl sites for hydroxylation is 1. The number of rotatable bonds is 11. The highest BCUT2D eigenvalue weighted by Gasteiger charge is 2.32. The van der Waals surface area contributed by atoms with Crippen LogP contribution in [-0.4, -0.2) is 89.4 Å². The number of likely N-dealkylation sites (tertiary alicyclic amines) is 2. The molecular formula is C30H41N5O4. The van der Waals surface area contributed by atoms with Crippen molar-refractivity contribution in [2.45, 2.75) is 69.6 Å². The van der Waals surface area contributed by atoms with Gasteiger partial charge in [0.15, 0.2) is 0 Å². The van der Waals surface area contributed by atoms with Crippen molar-refractivity contribution in [1.29, 1.82) is 0 Å². The summed E-state index contributed by atoms with van der Waals surface area (Å²) in [6, 6.07) is 13.3. The number of hydrogen-bond donors (Lipinski definition) is 3. The number of aliphatic carboxylic acids is 1. The van der Waals surface area contributed by atoms with Crippen LogP contribution in [0.4, 0.5) is 10.6 Å². The molecule has 0 aliphatic carbocycles. The number of anilines is 1. The van der Waals surface area contributed by atoms with Crippen LogP contribution >= 0.6 is 0 Å². The minimum absolute atomic E-state index is 0.103. The Morgan fingerprint density at radius 3 is 2.85 bits per heavy atom. The van der Waals surface area contributed by atoms with Crippen LogP contribution in [0.15, 0.2) is 42.5 Å². The van der Waals surface area contributed by atoms with E-state index < -0.39 is 12.0 Å². The SMILES string of the molecule is O=C(O)[C@H](CCN1CC[C@@H](OCCc2ccc3c(n2)NCCC3)C1)NC(=O)N1CCCC1Cc1ccccc1. The Labute approximate surface area is 230 Å². The third-order valence-corrected chi connectivity index (χ3v) is 8.17. The Kier molecular flexibility index (Phi) is 9.32. The van der Waals surface area contributed by atoms with Crippen molar-refractivity contribution in [3.8, 4) is 0 Å². The molecule has 1 aromatic heterocycles. The van der Waals surface area contributed by atoms with Crippen molar-refractivity contribution in [3.63, 3.8) is 0 Å². The monoisotopic (exact) mass is 535 g/mol. The van der Waals surface area contributed by atoms with Gasteiger partial charge in [0.2, 0.25) is 0 Å². The Balaban J connectivity index is 1.03. The summed E-state index contributed by atoms with van der Waals surface area (Å²) in [5.41, 5.74) is 3.53. The van der Waals surface area contributed by atoms with Crippen molar-refractivity contribution in [2.24, 2.45) is 0 Å². The molecule has 2 fully saturated rings. The second-order valence-corrected chi connectivity index (χ2v) is 11.0. The second kappa shape index (κ2) is 13.3. The Hall–Kier alpha value is -3.17. The number of carboxylic acid groups (broad SMARTS) is 1. The molecule has 9 nitrogen and oxygen atoms in total. The third kappa shape index (κ3) is 7.48. The predicted octanol–water partition coefficient (Wildman–Crippen LogP) is 3.33. The van der Waals surface area contributed by atoms with Gasteiger partial charge in [-0.15, -0.1) is 0 Å². The molecule has 4 heterocycles. The number of pyridine rings is 1. The van der Waals surface area contributed by atoms with Crippen molar-refractivity contribution < 1.29 is 19.4 Å². The van der Waals surface area contributed by atoms with E-state index in [1.165, 1.54) is 11.1 Å². The first-order chi connectivity index (χ1) is 19.0. The minimum atomic E-state index is -0.985. The first kappa shape index (κ1) is 27.4. The second-order valence-electron chi connectivity index (χ2n) is 11.0. The molecule has 5 rings (SSSR count). The average Bonchev–Trinajstić information content (AvgIpc) is 3.61. The van der Waals surface area contributed by atoms with Gasteiger partial charge in [-0.3, -0.25) is 0 Å². The maximum Gasteiger partial charge on any atom is 0.326 e. The number of hydrogen-bond acceptors (Lipinski definition) is 6. The lowest BCUT2D eigenvalue weighted by Gasteiger charge is -2.27. The van der Waals surface area contributed by atoms with Crippen molar-refractivity contribution in [1.82, 2.24) is 20.1 Å². The number of carboxylic acids is 1. The van der Waals surface area contributed by atoms with Gasteiger partial charge in [0, 0.05) is 50.9 Å². The topological polar surface area (TPSA) is 107 Å². The lowest BCUT2D eigenvalue weighted by Crippen LogP contribution is -2.50. The fourth-order valence-corrected chi connectivity index (χ4v) is 5.98. The fraction of sp³-hybridized carbons (Fsp3) is 0.567. The first-order valence-electron chi connectivity index (χ1n) is 14.5. The maximum absolute atomic E-state index is 13.0. The van der Waals surface area contributed by atoms with E-state index in [2.05, 4.69) is 39.8 Å². The lowest BCUT2D eigenvalue weighted by molar-refractivity contribution is -0.139. The van der Waals surface area contributed by atoms with Gasteiger partial charge in [0.05, 0.1) is 12.7 Å². The van der Waals surface area contributed by atoms with Crippen LogP contribution in [0.2, 0.25) is 0 Å². The van der Waals surface area contributed by atoms with Crippen LogP contribution in [0.1, 0.15) is 48.9 Å². The highest BCUT2D eigenvalue weighted by Crippen LogP contribution is 2.22. The number of nitrogens with one attached hydrogen (secondary N) is 2. The van der Waals surface area contributed by atoms with E-state index in [-0.39, 0.29) is 18.2 Å². The Morgan fingerprint density at radius 1 is 1.13 bits per heavy atom. The number of fused-ring (bicyclic) bond motifs is 1. The van der Waals surface area contributed by atoms with Crippen LogP contribution in [0.25, 0.3) is 0 Å². The standard InChI is InChI=1S/C30H41N5O4/c36-29(37)27(33-30(38)35-16-5-9-25(35)20-22-6-2-1-3-7-22)13-18-34-17-12-26(21-34)39-19-14-24-11-10-23-8-4-15-31-28(23)32-24/h1-3,6-7,10-11,25-27H,4-5,8-9,12-21H2,(H,31,32)(H,33,38)(H,36,37)/t25?,26-,27+/m1/s1. The van der Waals surface area contributed by atoms with Crippen molar-refractivity contribution in [2.75, 3.05) is 44.6 Å². The van der Waals surface area contributed by atoms with Gasteiger partial charge in [0.25, 0.3) is 0 Å². The molecule has 2 amide bonds. The fourth-order valence-electron chi connectivity index (χ4n) is 5.98. The molecule has 0 saturated carbocycles. The molecule has 39 heavy (non-hydrogen) atoms. The smallest absolute Gasteiger partial charge is 0.326 e. The molecule has 1 unspecified atom stereocenters. The minimum Gasteiger partial charge on any atom is -0.480 e. The van der Waals surface area contributed by atoms with E-state index >= 15 is 0 Å². The predicted molar refractivity (Wildman–Crippen MR) is 150 cm³/mol. The number of nitrogens with zero attached hydrogens (tertiary/aromatic N) is 3. The summed E-state index contributed by atoms with van der Waals surface area (Å²) < 4.78 is 6.13. The summed E-state index contributed by atoms with van der Waals surface area (Å²) >= 11 is 0. The van der Waals surface area contributed by atoms with Crippen LogP contribution in [-0.2, 0) is 28.8 Å². The van der Waals surface area contributed by atoms with Crippen LogP contribution in [0, 0.1) is 0 Å². The molecule has 3 aliphatic heterocycles. The summed E-state index contributed by atoms with van der Waals surface area (Å²) in [6.07, 6.45) is 7.13. The van der Waals surface area contributed by atoms with E-state index in [4.69, 9.17) is 9.72 Å². The molecule has 2 saturated heterocycles. The van der Waals surface area contributed by atoms with Gasteiger partial charge in [-0.1, -0.05) is 36.4 Å². The lowest BCUT2D eigenvalue weighted by atomic mass is 10.0. The van der Waals surface area contributed by atoms with Crippen LogP contribution in [0.5, 0.6) is 0 Å². The summed E-state index contributed by atoms with van der Waals surface area (Å²) in [5.74, 6) is 0.0310. The molecular weight excluding hydrogens is 494 g/mol. The Morgan fingerprint density at radius 2 is 2.00 bits per heavy atom. The van der Waals surface area contributed by atoms with Crippen molar-refractivity contribution >= 4 is 17.8 Å². The number of urea groups is 1. The molecule has 210 valence electrons. The maximum atomic E-state index is 13.0. The van der Waals surface area contributed by atoms with Gasteiger partial charge in [-0.25, -0.2) is 14.6 Å². The van der Waals surface area contributed by atoms with E-state index in [1.54, 1.807) is 0 Å². The largest absolute Gasteiger partial charge is 0.480 e. The van der Waals surface area contributed by atoms with Crippen LogP contribution in [0.3, 0.4) is 0 Å². The number of benzene rings is 1. The number of ether oxygens (including phenoxy) is 1. The van der Waals surface area contributed by atoms with Gasteiger partial charge >= 0.3 is 12.0 Å². The molecule has 3 N–H and O–H groups in total. The van der Waals surface area contributed by atoms with Gasteiger partial charge in [-0.05, 0) is 62.1 Å². The molecule has 0 bridgehead atoms. The highest BCUT2D eigenvalue weighted by molar-refractivity contribution is 5.82. The molecule has 3 atom stereocenters. The molecule has 9 heteroatoms. The molecule has 0 radical (unpaired) electrons. The number of carbonyl (C=O) groups excluding carboxylic acids is 1. The number of aromatic nitrogens is 1. The van der Waals surface area contributed by atoms with Crippen LogP contribution < -0.4 is 10.6 Å². The zero-order chi connectivity index (χ0) is 27.0. The summed E-state index contributed by atoms with van der Waals surface area (Å²) in [6.45, 7) is 4.54. The van der Waals surface area contributed by atoms with E-state index in [1.807, 2.05) is 23.1 Å². The first-order valence-corrected chi connectivity index (χ1v) is 14.5. The quantitative estimate of drug-likeness (QED) is 0.405. The van der Waals surface area contributed by atoms with Crippen molar-refractivity contribution in [3.05, 3.63) is 59.3 Å². The van der Waals surface area contributed by atoms with Gasteiger partial charge in [-0.2, -0.15) is 0 Å². The molecule has 2 aromatic rings. The zero-order valence-corrected chi connectivity index (χ0v) is 22.7.